The van der Waals surface area contributed by atoms with Crippen LogP contribution < -0.4 is 15.2 Å². The second kappa shape index (κ2) is 10.7. The van der Waals surface area contributed by atoms with E-state index in [2.05, 4.69) is 5.32 Å². The van der Waals surface area contributed by atoms with Gasteiger partial charge in [-0.2, -0.15) is 0 Å². The lowest BCUT2D eigenvalue weighted by molar-refractivity contribution is -0.153. The van der Waals surface area contributed by atoms with Gasteiger partial charge >= 0.3 is 12.0 Å². The molecule has 204 valence electrons. The summed E-state index contributed by atoms with van der Waals surface area (Å²) in [6.07, 6.45) is 0.117. The van der Waals surface area contributed by atoms with Gasteiger partial charge in [-0.3, -0.25) is 9.59 Å². The second-order valence-corrected chi connectivity index (χ2v) is 15.6. The predicted octanol–water partition coefficient (Wildman–Crippen LogP) is 3.81. The van der Waals surface area contributed by atoms with Gasteiger partial charge in [-0.25, -0.2) is 13.6 Å². The van der Waals surface area contributed by atoms with E-state index in [1.807, 2.05) is 32.6 Å². The van der Waals surface area contributed by atoms with Gasteiger partial charge in [0, 0.05) is 24.3 Å². The van der Waals surface area contributed by atoms with E-state index < -0.39 is 37.6 Å². The van der Waals surface area contributed by atoms with E-state index >= 15 is 0 Å². The minimum atomic E-state index is -2.29. The maximum absolute atomic E-state index is 14.9. The number of carbonyl (C=O) groups excluding carboxylic acids is 3. The predicted molar refractivity (Wildman–Crippen MR) is 141 cm³/mol. The van der Waals surface area contributed by atoms with Gasteiger partial charge in [0.25, 0.3) is 5.91 Å². The highest BCUT2D eigenvalue weighted by molar-refractivity contribution is 6.88. The van der Waals surface area contributed by atoms with E-state index in [4.69, 9.17) is 9.47 Å². The molecule has 1 N–H and O–H groups in total. The van der Waals surface area contributed by atoms with Crippen molar-refractivity contribution >= 4 is 36.9 Å². The molecule has 4 rings (SSSR count). The van der Waals surface area contributed by atoms with Gasteiger partial charge in [0.2, 0.25) is 0 Å². The highest BCUT2D eigenvalue weighted by Gasteiger charge is 2.42. The van der Waals surface area contributed by atoms with Crippen LogP contribution in [-0.2, 0) is 20.7 Å². The lowest BCUT2D eigenvalue weighted by Crippen LogP contribution is -2.60. The lowest BCUT2D eigenvalue weighted by Gasteiger charge is -2.44. The first-order valence-corrected chi connectivity index (χ1v) is 16.2. The summed E-state index contributed by atoms with van der Waals surface area (Å²) in [5.74, 6) is -1.75. The first-order chi connectivity index (χ1) is 17.9. The van der Waals surface area contributed by atoms with Gasteiger partial charge in [-0.1, -0.05) is 25.7 Å². The van der Waals surface area contributed by atoms with Crippen molar-refractivity contribution in [3.8, 4) is 5.75 Å². The molecule has 2 aliphatic rings. The fourth-order valence-corrected chi connectivity index (χ4v) is 6.58. The maximum atomic E-state index is 14.9. The van der Waals surface area contributed by atoms with Crippen LogP contribution in [0.5, 0.6) is 5.75 Å². The van der Waals surface area contributed by atoms with Gasteiger partial charge in [0.05, 0.1) is 27.8 Å². The highest BCUT2D eigenvalue weighted by Crippen LogP contribution is 2.35. The second-order valence-electron chi connectivity index (χ2n) is 10.6. The Kier molecular flexibility index (Phi) is 7.77. The molecule has 0 bridgehead atoms. The fourth-order valence-electron chi connectivity index (χ4n) is 5.01. The SMILES string of the molecule is CCOc1ccc2c(c1)CCN(C(=O)N1CC(OC(C)=O)C1)[C@H]2C(=O)Nc1cc(F)c([Si](C)(C)C)c(F)c1. The number of ether oxygens (including phenoxy) is 2. The molecule has 1 fully saturated rings. The summed E-state index contributed by atoms with van der Waals surface area (Å²) in [6, 6.07) is 6.18. The third-order valence-corrected chi connectivity index (χ3v) is 8.64. The zero-order valence-corrected chi connectivity index (χ0v) is 23.3. The van der Waals surface area contributed by atoms with Crippen molar-refractivity contribution in [1.82, 2.24) is 9.80 Å². The Balaban J connectivity index is 1.63. The molecule has 8 nitrogen and oxygen atoms in total. The standard InChI is InChI=1S/C27H33F2N3O5Si/c1-6-36-19-7-8-21-17(11-19)9-10-32(27(35)31-14-20(15-31)37-16(2)33)24(21)26(34)30-18-12-22(28)25(23(29)13-18)38(3,4)5/h7-8,11-13,20,24H,6,9-10,14-15H2,1-5H3,(H,30,34)/t24-/m1/s1. The number of esters is 1. The van der Waals surface area contributed by atoms with E-state index in [1.54, 1.807) is 12.1 Å². The number of amides is 3. The normalized spacial score (nSPS) is 17.4. The summed E-state index contributed by atoms with van der Waals surface area (Å²) in [5.41, 5.74) is 1.45. The highest BCUT2D eigenvalue weighted by atomic mass is 28.3. The Labute approximate surface area is 221 Å². The fraction of sp³-hybridized carbons (Fsp3) is 0.444. The van der Waals surface area contributed by atoms with Crippen LogP contribution in [0.2, 0.25) is 19.6 Å². The van der Waals surface area contributed by atoms with Gasteiger partial charge in [0.1, 0.15) is 29.5 Å². The molecule has 0 aliphatic carbocycles. The molecule has 0 saturated carbocycles. The summed E-state index contributed by atoms with van der Waals surface area (Å²) in [6.45, 7) is 9.90. The van der Waals surface area contributed by atoms with Crippen LogP contribution in [0.3, 0.4) is 0 Å². The average Bonchev–Trinajstić information content (AvgIpc) is 2.78. The Bertz CT molecular complexity index is 1240. The molecule has 1 saturated heterocycles. The molecule has 3 amide bonds. The Morgan fingerprint density at radius 1 is 1.08 bits per heavy atom. The molecule has 0 aromatic heterocycles. The van der Waals surface area contributed by atoms with Gasteiger partial charge < -0.3 is 24.6 Å². The number of benzene rings is 2. The zero-order chi connectivity index (χ0) is 27.8. The lowest BCUT2D eigenvalue weighted by atomic mass is 9.91. The summed E-state index contributed by atoms with van der Waals surface area (Å²) < 4.78 is 40.5. The van der Waals surface area contributed by atoms with Crippen LogP contribution in [0.25, 0.3) is 0 Å². The van der Waals surface area contributed by atoms with Crippen LogP contribution in [0.15, 0.2) is 30.3 Å². The summed E-state index contributed by atoms with van der Waals surface area (Å²) in [4.78, 5) is 41.2. The molecular formula is C27H33F2N3O5Si. The number of rotatable bonds is 6. The summed E-state index contributed by atoms with van der Waals surface area (Å²) in [5, 5.41) is 2.70. The summed E-state index contributed by atoms with van der Waals surface area (Å²) >= 11 is 0. The van der Waals surface area contributed by atoms with Crippen LogP contribution in [0.4, 0.5) is 19.3 Å². The van der Waals surface area contributed by atoms with Gasteiger partial charge in [-0.05, 0) is 48.7 Å². The Morgan fingerprint density at radius 3 is 2.32 bits per heavy atom. The monoisotopic (exact) mass is 545 g/mol. The van der Waals surface area contributed by atoms with E-state index in [0.29, 0.717) is 24.3 Å². The van der Waals surface area contributed by atoms with Crippen molar-refractivity contribution in [3.63, 3.8) is 0 Å². The molecule has 2 aliphatic heterocycles. The van der Waals surface area contributed by atoms with Gasteiger partial charge in [-0.15, -0.1) is 0 Å². The first-order valence-electron chi connectivity index (χ1n) is 12.7. The van der Waals surface area contributed by atoms with Crippen molar-refractivity contribution in [3.05, 3.63) is 53.1 Å². The Morgan fingerprint density at radius 2 is 1.74 bits per heavy atom. The third kappa shape index (κ3) is 5.67. The molecule has 2 heterocycles. The molecule has 1 atom stereocenters. The van der Waals surface area contributed by atoms with Crippen LogP contribution >= 0.6 is 0 Å². The third-order valence-electron chi connectivity index (χ3n) is 6.66. The number of urea groups is 1. The van der Waals surface area contributed by atoms with Crippen molar-refractivity contribution < 1.29 is 32.6 Å². The number of hydrogen-bond acceptors (Lipinski definition) is 5. The molecule has 0 unspecified atom stereocenters. The molecule has 38 heavy (non-hydrogen) atoms. The van der Waals surface area contributed by atoms with Crippen LogP contribution in [-0.4, -0.2) is 68.1 Å². The Hall–Kier alpha value is -3.47. The van der Waals surface area contributed by atoms with Crippen molar-refractivity contribution in [1.29, 1.82) is 0 Å². The number of nitrogens with zero attached hydrogens (tertiary/aromatic N) is 2. The van der Waals surface area contributed by atoms with Crippen LogP contribution in [0, 0.1) is 11.6 Å². The van der Waals surface area contributed by atoms with E-state index in [-0.39, 0.29) is 42.6 Å². The number of hydrogen-bond donors (Lipinski definition) is 1. The van der Waals surface area contributed by atoms with E-state index in [0.717, 1.165) is 17.7 Å². The van der Waals surface area contributed by atoms with E-state index in [1.165, 1.54) is 16.7 Å². The van der Waals surface area contributed by atoms with E-state index in [9.17, 15) is 23.2 Å². The molecule has 0 radical (unpaired) electrons. The number of anilines is 1. The summed E-state index contributed by atoms with van der Waals surface area (Å²) in [7, 11) is -2.29. The number of likely N-dealkylation sites (tertiary alicyclic amines) is 1. The molecule has 0 spiro atoms. The van der Waals surface area contributed by atoms with Crippen molar-refractivity contribution in [2.24, 2.45) is 0 Å². The number of halogens is 2. The number of fused-ring (bicyclic) bond motifs is 1. The quantitative estimate of drug-likeness (QED) is 0.441. The number of nitrogens with one attached hydrogen (secondary N) is 1. The first kappa shape index (κ1) is 27.6. The van der Waals surface area contributed by atoms with Gasteiger partial charge in [0.15, 0.2) is 0 Å². The average molecular weight is 546 g/mol. The molecule has 2 aromatic rings. The molecule has 11 heteroatoms. The zero-order valence-electron chi connectivity index (χ0n) is 22.3. The smallest absolute Gasteiger partial charge is 0.321 e. The largest absolute Gasteiger partial charge is 0.494 e. The minimum Gasteiger partial charge on any atom is -0.494 e. The molecular weight excluding hydrogens is 512 g/mol. The molecule has 2 aromatic carbocycles. The topological polar surface area (TPSA) is 88.2 Å². The number of carbonyl (C=O) groups is 3. The minimum absolute atomic E-state index is 0.0173. The van der Waals surface area contributed by atoms with Crippen molar-refractivity contribution in [2.75, 3.05) is 31.6 Å². The maximum Gasteiger partial charge on any atom is 0.321 e. The van der Waals surface area contributed by atoms with Crippen molar-refractivity contribution in [2.45, 2.75) is 52.1 Å². The van der Waals surface area contributed by atoms with Crippen LogP contribution in [0.1, 0.15) is 31.0 Å².